The molecule has 2 amide bonds. The average molecular weight is 390 g/mol. The lowest BCUT2D eigenvalue weighted by atomic mass is 10.2. The standard InChI is InChI=1S/C20H31N5O3/c1-4-18(26)25-12-9-16(14-25)24-20(21-5-2)23-11-10-22-19(27)15-7-6-8-17(13-15)28-3/h6-8,13,16H,4-5,9-12,14H2,1-3H3,(H,22,27)(H2,21,23,24). The molecule has 1 heterocycles. The Morgan fingerprint density at radius 2 is 2.11 bits per heavy atom. The summed E-state index contributed by atoms with van der Waals surface area (Å²) in [6.07, 6.45) is 1.44. The SMILES string of the molecule is CCNC(=NCCNC(=O)c1cccc(OC)c1)NC1CCN(C(=O)CC)C1. The number of ether oxygens (including phenoxy) is 1. The van der Waals surface area contributed by atoms with Crippen molar-refractivity contribution >= 4 is 17.8 Å². The van der Waals surface area contributed by atoms with Gasteiger partial charge in [0.2, 0.25) is 5.91 Å². The van der Waals surface area contributed by atoms with Crippen molar-refractivity contribution < 1.29 is 14.3 Å². The number of aliphatic imine (C=N–C) groups is 1. The number of nitrogens with one attached hydrogen (secondary N) is 3. The van der Waals surface area contributed by atoms with Crippen LogP contribution < -0.4 is 20.7 Å². The molecule has 28 heavy (non-hydrogen) atoms. The molecular formula is C20H31N5O3. The second kappa shape index (κ2) is 11.2. The zero-order valence-corrected chi connectivity index (χ0v) is 17.0. The number of hydrogen-bond acceptors (Lipinski definition) is 4. The van der Waals surface area contributed by atoms with E-state index < -0.39 is 0 Å². The molecule has 0 spiro atoms. The van der Waals surface area contributed by atoms with Crippen LogP contribution in [0.4, 0.5) is 0 Å². The summed E-state index contributed by atoms with van der Waals surface area (Å²) in [5, 5.41) is 9.45. The van der Waals surface area contributed by atoms with Crippen molar-refractivity contribution in [3.8, 4) is 5.75 Å². The minimum atomic E-state index is -0.156. The number of hydrogen-bond donors (Lipinski definition) is 3. The number of amides is 2. The Labute approximate surface area is 166 Å². The molecule has 0 bridgehead atoms. The summed E-state index contributed by atoms with van der Waals surface area (Å²) in [7, 11) is 1.57. The minimum Gasteiger partial charge on any atom is -0.497 e. The largest absolute Gasteiger partial charge is 0.497 e. The van der Waals surface area contributed by atoms with Crippen LogP contribution in [0.15, 0.2) is 29.3 Å². The quantitative estimate of drug-likeness (QED) is 0.350. The van der Waals surface area contributed by atoms with E-state index in [-0.39, 0.29) is 17.9 Å². The molecule has 1 aliphatic heterocycles. The van der Waals surface area contributed by atoms with Gasteiger partial charge in [0.15, 0.2) is 5.96 Å². The van der Waals surface area contributed by atoms with Gasteiger partial charge in [0.1, 0.15) is 5.75 Å². The lowest BCUT2D eigenvalue weighted by Crippen LogP contribution is -2.45. The van der Waals surface area contributed by atoms with Crippen LogP contribution in [0.25, 0.3) is 0 Å². The van der Waals surface area contributed by atoms with Gasteiger partial charge in [-0.1, -0.05) is 13.0 Å². The maximum absolute atomic E-state index is 12.2. The van der Waals surface area contributed by atoms with Crippen LogP contribution in [0.3, 0.4) is 0 Å². The highest BCUT2D eigenvalue weighted by Gasteiger charge is 2.25. The molecule has 0 aliphatic carbocycles. The van der Waals surface area contributed by atoms with Crippen molar-refractivity contribution in [2.75, 3.05) is 39.8 Å². The van der Waals surface area contributed by atoms with Crippen molar-refractivity contribution in [1.29, 1.82) is 0 Å². The fourth-order valence-corrected chi connectivity index (χ4v) is 3.05. The van der Waals surface area contributed by atoms with Crippen molar-refractivity contribution in [3.05, 3.63) is 29.8 Å². The van der Waals surface area contributed by atoms with Crippen LogP contribution in [0.2, 0.25) is 0 Å². The van der Waals surface area contributed by atoms with Gasteiger partial charge in [0, 0.05) is 44.2 Å². The third-order valence-electron chi connectivity index (χ3n) is 4.53. The van der Waals surface area contributed by atoms with Crippen LogP contribution in [0.5, 0.6) is 5.75 Å². The van der Waals surface area contributed by atoms with E-state index in [1.807, 2.05) is 18.7 Å². The van der Waals surface area contributed by atoms with Gasteiger partial charge in [-0.2, -0.15) is 0 Å². The third-order valence-corrected chi connectivity index (χ3v) is 4.53. The van der Waals surface area contributed by atoms with Gasteiger partial charge < -0.3 is 25.6 Å². The number of guanidine groups is 1. The summed E-state index contributed by atoms with van der Waals surface area (Å²) < 4.78 is 5.14. The molecule has 1 unspecified atom stereocenters. The van der Waals surface area contributed by atoms with Crippen LogP contribution in [0.1, 0.15) is 37.0 Å². The lowest BCUT2D eigenvalue weighted by Gasteiger charge is -2.18. The third kappa shape index (κ3) is 6.44. The maximum atomic E-state index is 12.2. The number of rotatable bonds is 8. The second-order valence-electron chi connectivity index (χ2n) is 6.57. The van der Waals surface area contributed by atoms with Crippen molar-refractivity contribution in [1.82, 2.24) is 20.9 Å². The van der Waals surface area contributed by atoms with E-state index >= 15 is 0 Å². The Bertz CT molecular complexity index is 692. The molecule has 0 saturated carbocycles. The lowest BCUT2D eigenvalue weighted by molar-refractivity contribution is -0.129. The van der Waals surface area contributed by atoms with Crippen LogP contribution in [-0.4, -0.2) is 68.5 Å². The van der Waals surface area contributed by atoms with E-state index in [0.717, 1.165) is 19.5 Å². The van der Waals surface area contributed by atoms with Crippen molar-refractivity contribution in [2.45, 2.75) is 32.7 Å². The van der Waals surface area contributed by atoms with Crippen LogP contribution in [0, 0.1) is 0 Å². The summed E-state index contributed by atoms with van der Waals surface area (Å²) in [6, 6.07) is 7.23. The summed E-state index contributed by atoms with van der Waals surface area (Å²) in [5.74, 6) is 1.38. The number of methoxy groups -OCH3 is 1. The molecule has 0 aromatic heterocycles. The van der Waals surface area contributed by atoms with Crippen LogP contribution >= 0.6 is 0 Å². The zero-order valence-electron chi connectivity index (χ0n) is 17.0. The molecule has 154 valence electrons. The highest BCUT2D eigenvalue weighted by Crippen LogP contribution is 2.12. The number of carbonyl (C=O) groups is 2. The van der Waals surface area contributed by atoms with Gasteiger partial charge in [0.05, 0.1) is 13.7 Å². The molecule has 2 rings (SSSR count). The van der Waals surface area contributed by atoms with Gasteiger partial charge in [-0.05, 0) is 31.5 Å². The zero-order chi connectivity index (χ0) is 20.4. The van der Waals surface area contributed by atoms with Gasteiger partial charge in [-0.3, -0.25) is 14.6 Å². The summed E-state index contributed by atoms with van der Waals surface area (Å²) in [6.45, 7) is 6.99. The summed E-state index contributed by atoms with van der Waals surface area (Å²) in [4.78, 5) is 30.4. The average Bonchev–Trinajstić information content (AvgIpc) is 3.19. The van der Waals surface area contributed by atoms with Crippen molar-refractivity contribution in [3.63, 3.8) is 0 Å². The molecule has 1 fully saturated rings. The first kappa shape index (κ1) is 21.5. The normalized spacial score (nSPS) is 16.6. The van der Waals surface area contributed by atoms with Crippen LogP contribution in [-0.2, 0) is 4.79 Å². The van der Waals surface area contributed by atoms with Crippen molar-refractivity contribution in [2.24, 2.45) is 4.99 Å². The number of likely N-dealkylation sites (tertiary alicyclic amines) is 1. The highest BCUT2D eigenvalue weighted by molar-refractivity contribution is 5.94. The fourth-order valence-electron chi connectivity index (χ4n) is 3.05. The molecule has 0 radical (unpaired) electrons. The topological polar surface area (TPSA) is 95.1 Å². The Hall–Kier alpha value is -2.77. The first-order valence-corrected chi connectivity index (χ1v) is 9.82. The van der Waals surface area contributed by atoms with Gasteiger partial charge >= 0.3 is 0 Å². The van der Waals surface area contributed by atoms with Gasteiger partial charge in [-0.15, -0.1) is 0 Å². The molecule has 3 N–H and O–H groups in total. The predicted molar refractivity (Wildman–Crippen MR) is 110 cm³/mol. The molecule has 1 aromatic carbocycles. The Balaban J connectivity index is 1.80. The first-order chi connectivity index (χ1) is 13.6. The predicted octanol–water partition coefficient (Wildman–Crippen LogP) is 0.991. The van der Waals surface area contributed by atoms with Gasteiger partial charge in [-0.25, -0.2) is 0 Å². The molecule has 1 aromatic rings. The Kier molecular flexibility index (Phi) is 8.58. The Morgan fingerprint density at radius 3 is 2.82 bits per heavy atom. The number of nitrogens with zero attached hydrogens (tertiary/aromatic N) is 2. The molecular weight excluding hydrogens is 358 g/mol. The number of benzene rings is 1. The van der Waals surface area contributed by atoms with Gasteiger partial charge in [0.25, 0.3) is 5.91 Å². The Morgan fingerprint density at radius 1 is 1.29 bits per heavy atom. The maximum Gasteiger partial charge on any atom is 0.251 e. The van der Waals surface area contributed by atoms with E-state index in [1.165, 1.54) is 0 Å². The second-order valence-corrected chi connectivity index (χ2v) is 6.57. The fraction of sp³-hybridized carbons (Fsp3) is 0.550. The first-order valence-electron chi connectivity index (χ1n) is 9.82. The van der Waals surface area contributed by atoms with E-state index in [9.17, 15) is 9.59 Å². The molecule has 1 atom stereocenters. The smallest absolute Gasteiger partial charge is 0.251 e. The summed E-state index contributed by atoms with van der Waals surface area (Å²) >= 11 is 0. The van der Waals surface area contributed by atoms with E-state index in [1.54, 1.807) is 31.4 Å². The molecule has 8 nitrogen and oxygen atoms in total. The molecule has 8 heteroatoms. The van der Waals surface area contributed by atoms with E-state index in [2.05, 4.69) is 20.9 Å². The highest BCUT2D eigenvalue weighted by atomic mass is 16.5. The summed E-state index contributed by atoms with van der Waals surface area (Å²) in [5.41, 5.74) is 0.556. The van der Waals surface area contributed by atoms with E-state index in [0.29, 0.717) is 43.3 Å². The minimum absolute atomic E-state index is 0.156. The number of carbonyl (C=O) groups excluding carboxylic acids is 2. The monoisotopic (exact) mass is 389 g/mol. The molecule has 1 saturated heterocycles. The van der Waals surface area contributed by atoms with E-state index in [4.69, 9.17) is 4.74 Å². The molecule has 1 aliphatic rings.